The van der Waals surface area contributed by atoms with Crippen LogP contribution in [0.25, 0.3) is 0 Å². The summed E-state index contributed by atoms with van der Waals surface area (Å²) in [7, 11) is 0. The van der Waals surface area contributed by atoms with E-state index in [1.807, 2.05) is 0 Å². The van der Waals surface area contributed by atoms with Gasteiger partial charge in [-0.15, -0.1) is 0 Å². The summed E-state index contributed by atoms with van der Waals surface area (Å²) in [4.78, 5) is 2.52. The van der Waals surface area contributed by atoms with Crippen LogP contribution in [0.5, 0.6) is 0 Å². The number of hydrogen-bond donors (Lipinski definition) is 0. The number of hydrogen-bond acceptors (Lipinski definition) is 1. The first-order valence-electron chi connectivity index (χ1n) is 6.12. The molecule has 0 radical (unpaired) electrons. The van der Waals surface area contributed by atoms with E-state index in [0.717, 1.165) is 11.2 Å². The maximum absolute atomic E-state index is 3.48. The number of rotatable bonds is 5. The summed E-state index contributed by atoms with van der Waals surface area (Å²) < 4.78 is 0. The second-order valence-corrected chi connectivity index (χ2v) is 5.55. The van der Waals surface area contributed by atoms with E-state index in [4.69, 9.17) is 0 Å². The molecule has 0 heterocycles. The fourth-order valence-electron chi connectivity index (χ4n) is 1.97. The van der Waals surface area contributed by atoms with Crippen LogP contribution in [0.15, 0.2) is 24.3 Å². The van der Waals surface area contributed by atoms with Gasteiger partial charge < -0.3 is 4.90 Å². The lowest BCUT2D eigenvalue weighted by Gasteiger charge is -2.29. The lowest BCUT2D eigenvalue weighted by molar-refractivity contribution is 0.645. The molecule has 0 aromatic heterocycles. The number of benzene rings is 1. The Balaban J connectivity index is 2.10. The molecular formula is C14H20BrN. The predicted octanol–water partition coefficient (Wildman–Crippen LogP) is 4.21. The van der Waals surface area contributed by atoms with Gasteiger partial charge in [-0.2, -0.15) is 0 Å². The van der Waals surface area contributed by atoms with Crippen LogP contribution in [-0.4, -0.2) is 12.6 Å². The van der Waals surface area contributed by atoms with Crippen LogP contribution in [0, 0.1) is 5.92 Å². The third kappa shape index (κ3) is 3.00. The Morgan fingerprint density at radius 1 is 1.25 bits per heavy atom. The zero-order valence-electron chi connectivity index (χ0n) is 10.1. The fourth-order valence-corrected chi connectivity index (χ4v) is 2.34. The van der Waals surface area contributed by atoms with Crippen molar-refractivity contribution in [2.45, 2.75) is 38.1 Å². The second kappa shape index (κ2) is 5.22. The van der Waals surface area contributed by atoms with Crippen LogP contribution in [0.1, 0.15) is 32.3 Å². The molecule has 0 saturated heterocycles. The highest BCUT2D eigenvalue weighted by atomic mass is 79.9. The van der Waals surface area contributed by atoms with Crippen LogP contribution in [-0.2, 0) is 5.33 Å². The third-order valence-electron chi connectivity index (χ3n) is 3.20. The average Bonchev–Trinajstić information content (AvgIpc) is 3.09. The number of alkyl halides is 1. The van der Waals surface area contributed by atoms with Crippen LogP contribution in [0.3, 0.4) is 0 Å². The molecule has 0 aliphatic heterocycles. The second-order valence-electron chi connectivity index (χ2n) is 4.99. The Labute approximate surface area is 107 Å². The molecule has 0 atom stereocenters. The molecule has 0 N–H and O–H groups in total. The maximum Gasteiger partial charge on any atom is 0.0368 e. The molecule has 1 aliphatic carbocycles. The predicted molar refractivity (Wildman–Crippen MR) is 74.3 cm³/mol. The molecule has 1 fully saturated rings. The van der Waals surface area contributed by atoms with Gasteiger partial charge in [0.25, 0.3) is 0 Å². The first-order chi connectivity index (χ1) is 7.70. The summed E-state index contributed by atoms with van der Waals surface area (Å²) in [6, 6.07) is 9.52. The van der Waals surface area contributed by atoms with E-state index in [1.165, 1.54) is 30.6 Å². The smallest absolute Gasteiger partial charge is 0.0368 e. The molecule has 1 nitrogen and oxygen atoms in total. The van der Waals surface area contributed by atoms with Gasteiger partial charge in [-0.3, -0.25) is 0 Å². The van der Waals surface area contributed by atoms with Crippen molar-refractivity contribution in [3.05, 3.63) is 29.8 Å². The summed E-state index contributed by atoms with van der Waals surface area (Å²) in [6.45, 7) is 5.78. The van der Waals surface area contributed by atoms with E-state index in [0.29, 0.717) is 6.04 Å². The normalized spacial score (nSPS) is 15.5. The van der Waals surface area contributed by atoms with Crippen molar-refractivity contribution < 1.29 is 0 Å². The third-order valence-corrected chi connectivity index (χ3v) is 3.84. The Kier molecular flexibility index (Phi) is 3.91. The summed E-state index contributed by atoms with van der Waals surface area (Å²) in [5.41, 5.74) is 2.71. The topological polar surface area (TPSA) is 3.24 Å². The summed E-state index contributed by atoms with van der Waals surface area (Å²) in [5.74, 6) is 0.943. The van der Waals surface area contributed by atoms with E-state index in [9.17, 15) is 0 Å². The summed E-state index contributed by atoms with van der Waals surface area (Å²) in [6.07, 6.45) is 2.84. The van der Waals surface area contributed by atoms with Gasteiger partial charge in [0.1, 0.15) is 0 Å². The molecule has 0 spiro atoms. The molecule has 16 heavy (non-hydrogen) atoms. The minimum atomic E-state index is 0.593. The first kappa shape index (κ1) is 12.0. The molecule has 1 saturated carbocycles. The summed E-state index contributed by atoms with van der Waals surface area (Å²) >= 11 is 3.48. The van der Waals surface area contributed by atoms with E-state index in [1.54, 1.807) is 0 Å². The van der Waals surface area contributed by atoms with E-state index in [-0.39, 0.29) is 0 Å². The Morgan fingerprint density at radius 3 is 2.31 bits per heavy atom. The molecule has 88 valence electrons. The van der Waals surface area contributed by atoms with Crippen LogP contribution in [0.2, 0.25) is 0 Å². The van der Waals surface area contributed by atoms with Gasteiger partial charge in [-0.05, 0) is 50.3 Å². The van der Waals surface area contributed by atoms with E-state index in [2.05, 4.69) is 58.9 Å². The van der Waals surface area contributed by atoms with Crippen molar-refractivity contribution >= 4 is 21.6 Å². The molecule has 1 aromatic carbocycles. The lowest BCUT2D eigenvalue weighted by atomic mass is 10.2. The quantitative estimate of drug-likeness (QED) is 0.731. The van der Waals surface area contributed by atoms with Crippen molar-refractivity contribution in [3.8, 4) is 0 Å². The first-order valence-corrected chi connectivity index (χ1v) is 7.24. The molecule has 1 aliphatic rings. The fraction of sp³-hybridized carbons (Fsp3) is 0.571. The standard InChI is InChI=1S/C14H20BrN/c1-11(2)16(10-13-3-4-13)14-7-5-12(9-15)6-8-14/h5-8,11,13H,3-4,9-10H2,1-2H3. The van der Waals surface area contributed by atoms with Crippen LogP contribution in [0.4, 0.5) is 5.69 Å². The molecule has 0 bridgehead atoms. The highest BCUT2D eigenvalue weighted by molar-refractivity contribution is 9.08. The average molecular weight is 282 g/mol. The molecule has 1 aromatic rings. The van der Waals surface area contributed by atoms with Crippen molar-refractivity contribution in [1.82, 2.24) is 0 Å². The van der Waals surface area contributed by atoms with E-state index < -0.39 is 0 Å². The van der Waals surface area contributed by atoms with Crippen molar-refractivity contribution in [1.29, 1.82) is 0 Å². The van der Waals surface area contributed by atoms with Gasteiger partial charge in [0.05, 0.1) is 0 Å². The zero-order valence-corrected chi connectivity index (χ0v) is 11.7. The number of halogens is 1. The minimum absolute atomic E-state index is 0.593. The van der Waals surface area contributed by atoms with Crippen molar-refractivity contribution in [2.75, 3.05) is 11.4 Å². The largest absolute Gasteiger partial charge is 0.369 e. The summed E-state index contributed by atoms with van der Waals surface area (Å²) in [5, 5.41) is 0.942. The Hall–Kier alpha value is -0.500. The SMILES string of the molecule is CC(C)N(CC1CC1)c1ccc(CBr)cc1. The van der Waals surface area contributed by atoms with Gasteiger partial charge in [-0.1, -0.05) is 28.1 Å². The van der Waals surface area contributed by atoms with E-state index >= 15 is 0 Å². The highest BCUT2D eigenvalue weighted by Gasteiger charge is 2.25. The highest BCUT2D eigenvalue weighted by Crippen LogP contribution is 2.32. The van der Waals surface area contributed by atoms with Gasteiger partial charge in [0, 0.05) is 23.6 Å². The van der Waals surface area contributed by atoms with Gasteiger partial charge in [0.15, 0.2) is 0 Å². The molecular weight excluding hydrogens is 262 g/mol. The van der Waals surface area contributed by atoms with Crippen LogP contribution < -0.4 is 4.90 Å². The molecule has 0 amide bonds. The Bertz CT molecular complexity index is 327. The number of nitrogens with zero attached hydrogens (tertiary/aromatic N) is 1. The molecule has 2 heteroatoms. The van der Waals surface area contributed by atoms with Gasteiger partial charge in [-0.25, -0.2) is 0 Å². The monoisotopic (exact) mass is 281 g/mol. The zero-order chi connectivity index (χ0) is 11.5. The van der Waals surface area contributed by atoms with Gasteiger partial charge in [0.2, 0.25) is 0 Å². The maximum atomic E-state index is 3.48. The molecule has 2 rings (SSSR count). The lowest BCUT2D eigenvalue weighted by Crippen LogP contribution is -2.32. The molecule has 0 unspecified atom stereocenters. The van der Waals surface area contributed by atoms with Gasteiger partial charge >= 0.3 is 0 Å². The van der Waals surface area contributed by atoms with Crippen LogP contribution >= 0.6 is 15.9 Å². The Morgan fingerprint density at radius 2 is 1.88 bits per heavy atom. The minimum Gasteiger partial charge on any atom is -0.369 e. The van der Waals surface area contributed by atoms with Crippen molar-refractivity contribution in [3.63, 3.8) is 0 Å². The number of anilines is 1. The van der Waals surface area contributed by atoms with Crippen molar-refractivity contribution in [2.24, 2.45) is 5.92 Å².